The van der Waals surface area contributed by atoms with Crippen molar-refractivity contribution in [1.82, 2.24) is 4.90 Å². The molecule has 2 unspecified atom stereocenters. The minimum atomic E-state index is -0.326. The highest BCUT2D eigenvalue weighted by Gasteiger charge is 2.44. The number of carbonyl (C=O) groups is 2. The zero-order valence-electron chi connectivity index (χ0n) is 16.7. The van der Waals surface area contributed by atoms with Crippen molar-refractivity contribution in [3.63, 3.8) is 0 Å². The van der Waals surface area contributed by atoms with Gasteiger partial charge in [-0.25, -0.2) is 4.90 Å². The fourth-order valence-electron chi connectivity index (χ4n) is 4.08. The van der Waals surface area contributed by atoms with E-state index in [9.17, 15) is 9.59 Å². The Bertz CT molecular complexity index is 992. The van der Waals surface area contributed by atoms with Crippen LogP contribution in [0.3, 0.4) is 0 Å². The first kappa shape index (κ1) is 19.7. The molecule has 4 rings (SSSR count). The molecule has 1 fully saturated rings. The van der Waals surface area contributed by atoms with Crippen LogP contribution in [0.5, 0.6) is 0 Å². The second kappa shape index (κ2) is 7.65. The van der Waals surface area contributed by atoms with Gasteiger partial charge >= 0.3 is 0 Å². The maximum atomic E-state index is 13.6. The first-order chi connectivity index (χ1) is 13.9. The summed E-state index contributed by atoms with van der Waals surface area (Å²) in [5.74, 6) is -0.645. The molecule has 0 radical (unpaired) electrons. The van der Waals surface area contributed by atoms with Crippen LogP contribution in [0.1, 0.15) is 25.0 Å². The molecule has 2 amide bonds. The molecule has 5 nitrogen and oxygen atoms in total. The predicted molar refractivity (Wildman–Crippen MR) is 114 cm³/mol. The average molecular weight is 411 g/mol. The Balaban J connectivity index is 1.86. The number of halogens is 1. The molecule has 1 saturated heterocycles. The fraction of sp³-hybridized carbons (Fsp3) is 0.304. The molecule has 0 aromatic heterocycles. The van der Waals surface area contributed by atoms with Crippen LogP contribution in [-0.2, 0) is 14.3 Å². The van der Waals surface area contributed by atoms with Gasteiger partial charge in [-0.05, 0) is 44.0 Å². The zero-order chi connectivity index (χ0) is 20.7. The molecular weight excluding hydrogens is 388 g/mol. The van der Waals surface area contributed by atoms with E-state index >= 15 is 0 Å². The van der Waals surface area contributed by atoms with E-state index in [-0.39, 0.29) is 24.0 Å². The second-order valence-corrected chi connectivity index (χ2v) is 8.06. The molecule has 29 heavy (non-hydrogen) atoms. The molecule has 0 bridgehead atoms. The summed E-state index contributed by atoms with van der Waals surface area (Å²) in [7, 11) is 0. The molecule has 2 aromatic carbocycles. The number of aryl methyl sites for hydroxylation is 1. The summed E-state index contributed by atoms with van der Waals surface area (Å²) < 4.78 is 5.83. The standard InChI is InChI=1S/C23H23ClN2O3/c1-14-9-10-18(24)11-19(14)26-22(27)20(17-7-5-4-6-8-17)21(23(26)28)25-12-15(2)29-16(3)13-25/h4-11,15-16H,12-13H2,1-3H3. The first-order valence-corrected chi connectivity index (χ1v) is 10.1. The molecule has 6 heteroatoms. The number of amides is 2. The SMILES string of the molecule is Cc1ccc(Cl)cc1N1C(=O)C(c2ccccc2)=C(N2CC(C)OC(C)C2)C1=O. The molecule has 2 aromatic rings. The third-order valence-corrected chi connectivity index (χ3v) is 5.50. The van der Waals surface area contributed by atoms with Gasteiger partial charge in [-0.3, -0.25) is 9.59 Å². The van der Waals surface area contributed by atoms with Gasteiger partial charge in [-0.2, -0.15) is 0 Å². The van der Waals surface area contributed by atoms with E-state index in [1.807, 2.05) is 62.1 Å². The van der Waals surface area contributed by atoms with E-state index in [4.69, 9.17) is 16.3 Å². The highest BCUT2D eigenvalue weighted by Crippen LogP contribution is 2.37. The second-order valence-electron chi connectivity index (χ2n) is 7.63. The Hall–Kier alpha value is -2.63. The van der Waals surface area contributed by atoms with Gasteiger partial charge in [-0.1, -0.05) is 48.0 Å². The molecule has 150 valence electrons. The monoisotopic (exact) mass is 410 g/mol. The molecule has 0 aliphatic carbocycles. The lowest BCUT2D eigenvalue weighted by atomic mass is 10.0. The summed E-state index contributed by atoms with van der Waals surface area (Å²) in [4.78, 5) is 30.4. The third-order valence-electron chi connectivity index (χ3n) is 5.27. The minimum Gasteiger partial charge on any atom is -0.372 e. The van der Waals surface area contributed by atoms with E-state index in [1.54, 1.807) is 12.1 Å². The highest BCUT2D eigenvalue weighted by atomic mass is 35.5. The molecule has 0 saturated carbocycles. The van der Waals surface area contributed by atoms with Crippen LogP contribution in [-0.4, -0.2) is 42.0 Å². The quantitative estimate of drug-likeness (QED) is 0.716. The summed E-state index contributed by atoms with van der Waals surface area (Å²) >= 11 is 6.18. The number of hydrogen-bond donors (Lipinski definition) is 0. The molecule has 2 heterocycles. The molecule has 2 atom stereocenters. The van der Waals surface area contributed by atoms with Crippen molar-refractivity contribution in [2.75, 3.05) is 18.0 Å². The first-order valence-electron chi connectivity index (χ1n) is 9.72. The molecule has 2 aliphatic heterocycles. The van der Waals surface area contributed by atoms with Crippen molar-refractivity contribution in [3.8, 4) is 0 Å². The Morgan fingerprint density at radius 2 is 1.62 bits per heavy atom. The summed E-state index contributed by atoms with van der Waals surface area (Å²) in [6.45, 7) is 6.93. The minimum absolute atomic E-state index is 0.0341. The zero-order valence-corrected chi connectivity index (χ0v) is 17.4. The van der Waals surface area contributed by atoms with Gasteiger partial charge in [0, 0.05) is 18.1 Å². The van der Waals surface area contributed by atoms with Gasteiger partial charge in [0.1, 0.15) is 5.70 Å². The van der Waals surface area contributed by atoms with E-state index in [0.717, 1.165) is 11.1 Å². The summed E-state index contributed by atoms with van der Waals surface area (Å²) in [5.41, 5.74) is 2.92. The summed E-state index contributed by atoms with van der Waals surface area (Å²) in [5, 5.41) is 0.481. The fourth-order valence-corrected chi connectivity index (χ4v) is 4.25. The number of anilines is 1. The number of benzene rings is 2. The van der Waals surface area contributed by atoms with Gasteiger partial charge in [0.05, 0.1) is 23.5 Å². The van der Waals surface area contributed by atoms with Crippen molar-refractivity contribution in [3.05, 3.63) is 70.4 Å². The number of imide groups is 1. The number of carbonyl (C=O) groups excluding carboxylic acids is 2. The number of ether oxygens (including phenoxy) is 1. The Kier molecular flexibility index (Phi) is 5.19. The molecular formula is C23H23ClN2O3. The van der Waals surface area contributed by atoms with Crippen molar-refractivity contribution >= 4 is 34.7 Å². The van der Waals surface area contributed by atoms with Crippen molar-refractivity contribution in [2.45, 2.75) is 33.0 Å². The van der Waals surface area contributed by atoms with Crippen LogP contribution in [0.15, 0.2) is 54.2 Å². The van der Waals surface area contributed by atoms with E-state index in [2.05, 4.69) is 0 Å². The molecule has 0 N–H and O–H groups in total. The predicted octanol–water partition coefficient (Wildman–Crippen LogP) is 4.04. The summed E-state index contributed by atoms with van der Waals surface area (Å²) in [6.07, 6.45) is -0.0683. The number of hydrogen-bond acceptors (Lipinski definition) is 4. The van der Waals surface area contributed by atoms with Crippen LogP contribution in [0.2, 0.25) is 5.02 Å². The van der Waals surface area contributed by atoms with Crippen LogP contribution in [0.4, 0.5) is 5.69 Å². The Morgan fingerprint density at radius 1 is 0.966 bits per heavy atom. The van der Waals surface area contributed by atoms with Gasteiger partial charge in [0.25, 0.3) is 11.8 Å². The lowest BCUT2D eigenvalue weighted by Crippen LogP contribution is -2.47. The number of morpholine rings is 1. The smallest absolute Gasteiger partial charge is 0.282 e. The van der Waals surface area contributed by atoms with E-state index in [0.29, 0.717) is 35.1 Å². The van der Waals surface area contributed by atoms with Crippen molar-refractivity contribution in [1.29, 1.82) is 0 Å². The Labute approximate surface area is 175 Å². The normalized spacial score (nSPS) is 22.6. The Morgan fingerprint density at radius 3 is 2.28 bits per heavy atom. The van der Waals surface area contributed by atoms with E-state index < -0.39 is 0 Å². The number of nitrogens with zero attached hydrogens (tertiary/aromatic N) is 2. The van der Waals surface area contributed by atoms with Crippen LogP contribution >= 0.6 is 11.6 Å². The van der Waals surface area contributed by atoms with Gasteiger partial charge in [0.2, 0.25) is 0 Å². The number of rotatable bonds is 3. The highest BCUT2D eigenvalue weighted by molar-refractivity contribution is 6.45. The average Bonchev–Trinajstić information content (AvgIpc) is 2.94. The molecule has 2 aliphatic rings. The largest absolute Gasteiger partial charge is 0.372 e. The van der Waals surface area contributed by atoms with Crippen LogP contribution in [0, 0.1) is 6.92 Å². The third kappa shape index (κ3) is 3.56. The maximum absolute atomic E-state index is 13.6. The van der Waals surface area contributed by atoms with Crippen molar-refractivity contribution in [2.24, 2.45) is 0 Å². The lowest BCUT2D eigenvalue weighted by Gasteiger charge is -2.37. The molecule has 0 spiro atoms. The van der Waals surface area contributed by atoms with Crippen LogP contribution < -0.4 is 4.90 Å². The topological polar surface area (TPSA) is 49.9 Å². The van der Waals surface area contributed by atoms with Crippen LogP contribution in [0.25, 0.3) is 5.57 Å². The van der Waals surface area contributed by atoms with Gasteiger partial charge in [-0.15, -0.1) is 0 Å². The van der Waals surface area contributed by atoms with Crippen molar-refractivity contribution < 1.29 is 14.3 Å². The van der Waals surface area contributed by atoms with Gasteiger partial charge in [0.15, 0.2) is 0 Å². The maximum Gasteiger partial charge on any atom is 0.282 e. The summed E-state index contributed by atoms with van der Waals surface area (Å²) in [6, 6.07) is 14.6. The van der Waals surface area contributed by atoms with Gasteiger partial charge < -0.3 is 9.64 Å². The lowest BCUT2D eigenvalue weighted by molar-refractivity contribution is -0.121. The van der Waals surface area contributed by atoms with E-state index in [1.165, 1.54) is 4.90 Å².